The molecular weight excluding hydrogens is 297 g/mol. The van der Waals surface area contributed by atoms with Crippen molar-refractivity contribution in [1.29, 1.82) is 0 Å². The van der Waals surface area contributed by atoms with E-state index in [0.717, 1.165) is 5.56 Å². The summed E-state index contributed by atoms with van der Waals surface area (Å²) in [7, 11) is 0. The first-order valence-electron chi connectivity index (χ1n) is 5.08. The van der Waals surface area contributed by atoms with Crippen LogP contribution in [0.25, 0.3) is 0 Å². The van der Waals surface area contributed by atoms with Crippen molar-refractivity contribution < 1.29 is 9.13 Å². The van der Waals surface area contributed by atoms with Crippen LogP contribution in [0.4, 0.5) is 4.39 Å². The summed E-state index contributed by atoms with van der Waals surface area (Å²) in [5, 5.41) is 1.01. The molecule has 0 saturated heterocycles. The van der Waals surface area contributed by atoms with Crippen LogP contribution in [-0.4, -0.2) is 0 Å². The molecule has 18 heavy (non-hydrogen) atoms. The highest BCUT2D eigenvalue weighted by atomic mass is 35.5. The Bertz CT molecular complexity index is 521. The van der Waals surface area contributed by atoms with Gasteiger partial charge in [0.25, 0.3) is 0 Å². The number of ether oxygens (including phenoxy) is 1. The summed E-state index contributed by atoms with van der Waals surface area (Å²) >= 11 is 17.2. The van der Waals surface area contributed by atoms with Crippen molar-refractivity contribution in [3.63, 3.8) is 0 Å². The number of halogens is 4. The third kappa shape index (κ3) is 3.29. The maximum absolute atomic E-state index is 13.2. The SMILES string of the molecule is Fc1cc(OCc2ccc(Cl)c(Cl)c2)ccc1Cl. The summed E-state index contributed by atoms with van der Waals surface area (Å²) in [5.41, 5.74) is 0.847. The Kier molecular flexibility index (Phi) is 4.33. The van der Waals surface area contributed by atoms with Crippen LogP contribution in [0, 0.1) is 5.82 Å². The van der Waals surface area contributed by atoms with E-state index >= 15 is 0 Å². The van der Waals surface area contributed by atoms with Crippen LogP contribution in [0.5, 0.6) is 5.75 Å². The topological polar surface area (TPSA) is 9.23 Å². The summed E-state index contributed by atoms with van der Waals surface area (Å²) in [4.78, 5) is 0. The van der Waals surface area contributed by atoms with Crippen LogP contribution in [0.3, 0.4) is 0 Å². The molecular formula is C13H8Cl3FO. The van der Waals surface area contributed by atoms with Crippen molar-refractivity contribution in [3.05, 3.63) is 62.8 Å². The van der Waals surface area contributed by atoms with Crippen molar-refractivity contribution in [2.75, 3.05) is 0 Å². The van der Waals surface area contributed by atoms with Crippen LogP contribution in [-0.2, 0) is 6.61 Å². The summed E-state index contributed by atoms with van der Waals surface area (Å²) in [6.07, 6.45) is 0. The van der Waals surface area contributed by atoms with Gasteiger partial charge in [-0.05, 0) is 29.8 Å². The van der Waals surface area contributed by atoms with Crippen LogP contribution >= 0.6 is 34.8 Å². The van der Waals surface area contributed by atoms with Gasteiger partial charge in [0.05, 0.1) is 15.1 Å². The Hall–Kier alpha value is -0.960. The van der Waals surface area contributed by atoms with E-state index in [4.69, 9.17) is 39.5 Å². The van der Waals surface area contributed by atoms with E-state index in [0.29, 0.717) is 15.8 Å². The van der Waals surface area contributed by atoms with Crippen molar-refractivity contribution in [3.8, 4) is 5.75 Å². The number of hydrogen-bond acceptors (Lipinski definition) is 1. The van der Waals surface area contributed by atoms with Crippen molar-refractivity contribution in [1.82, 2.24) is 0 Å². The van der Waals surface area contributed by atoms with Gasteiger partial charge in [0, 0.05) is 6.07 Å². The molecule has 0 heterocycles. The molecule has 2 rings (SSSR count). The molecule has 0 fully saturated rings. The summed E-state index contributed by atoms with van der Waals surface area (Å²) < 4.78 is 18.6. The molecule has 94 valence electrons. The lowest BCUT2D eigenvalue weighted by molar-refractivity contribution is 0.304. The maximum Gasteiger partial charge on any atom is 0.145 e. The zero-order valence-corrected chi connectivity index (χ0v) is 11.4. The Balaban J connectivity index is 2.06. The van der Waals surface area contributed by atoms with Gasteiger partial charge in [-0.25, -0.2) is 4.39 Å². The van der Waals surface area contributed by atoms with Crippen molar-refractivity contribution >= 4 is 34.8 Å². The Morgan fingerprint density at radius 2 is 1.61 bits per heavy atom. The molecule has 0 aliphatic rings. The fourth-order valence-corrected chi connectivity index (χ4v) is 1.80. The summed E-state index contributed by atoms with van der Waals surface area (Å²) in [6.45, 7) is 0.276. The first-order valence-corrected chi connectivity index (χ1v) is 6.21. The molecule has 0 aliphatic heterocycles. The van der Waals surface area contributed by atoms with E-state index in [1.807, 2.05) is 0 Å². The molecule has 5 heteroatoms. The monoisotopic (exact) mass is 304 g/mol. The average Bonchev–Trinajstić information content (AvgIpc) is 2.35. The standard InChI is InChI=1S/C13H8Cl3FO/c14-10-3-1-8(5-12(10)16)7-18-9-2-4-11(15)13(17)6-9/h1-6H,7H2. The predicted molar refractivity (Wildman–Crippen MR) is 72.2 cm³/mol. The number of rotatable bonds is 3. The lowest BCUT2D eigenvalue weighted by atomic mass is 10.2. The first-order chi connectivity index (χ1) is 8.56. The summed E-state index contributed by atoms with van der Waals surface area (Å²) in [5.74, 6) is -0.105. The van der Waals surface area contributed by atoms with E-state index in [1.165, 1.54) is 12.1 Å². The highest BCUT2D eigenvalue weighted by Crippen LogP contribution is 2.24. The zero-order chi connectivity index (χ0) is 13.1. The second-order valence-corrected chi connectivity index (χ2v) is 4.83. The predicted octanol–water partition coefficient (Wildman–Crippen LogP) is 5.36. The molecule has 2 aromatic rings. The van der Waals surface area contributed by atoms with Crippen LogP contribution in [0.15, 0.2) is 36.4 Å². The van der Waals surface area contributed by atoms with E-state index in [-0.39, 0.29) is 11.6 Å². The van der Waals surface area contributed by atoms with Gasteiger partial charge in [-0.2, -0.15) is 0 Å². The third-order valence-electron chi connectivity index (χ3n) is 2.28. The molecule has 0 unspecified atom stereocenters. The number of benzene rings is 2. The van der Waals surface area contributed by atoms with Gasteiger partial charge in [0.15, 0.2) is 0 Å². The second kappa shape index (κ2) is 5.79. The van der Waals surface area contributed by atoms with E-state index < -0.39 is 5.82 Å². The molecule has 1 nitrogen and oxygen atoms in total. The maximum atomic E-state index is 13.2. The minimum Gasteiger partial charge on any atom is -0.489 e. The molecule has 0 amide bonds. The fourth-order valence-electron chi connectivity index (χ4n) is 1.36. The molecule has 0 radical (unpaired) electrons. The van der Waals surface area contributed by atoms with Crippen LogP contribution in [0.2, 0.25) is 15.1 Å². The van der Waals surface area contributed by atoms with Gasteiger partial charge in [-0.1, -0.05) is 40.9 Å². The van der Waals surface area contributed by atoms with E-state index in [2.05, 4.69) is 0 Å². The van der Waals surface area contributed by atoms with Gasteiger partial charge < -0.3 is 4.74 Å². The van der Waals surface area contributed by atoms with Gasteiger partial charge in [-0.15, -0.1) is 0 Å². The molecule has 0 atom stereocenters. The fraction of sp³-hybridized carbons (Fsp3) is 0.0769. The highest BCUT2D eigenvalue weighted by Gasteiger charge is 2.03. The largest absolute Gasteiger partial charge is 0.489 e. The van der Waals surface area contributed by atoms with Crippen LogP contribution < -0.4 is 4.74 Å². The van der Waals surface area contributed by atoms with Crippen molar-refractivity contribution in [2.45, 2.75) is 6.61 Å². The molecule has 0 aromatic heterocycles. The first kappa shape index (κ1) is 13.5. The van der Waals surface area contributed by atoms with Crippen molar-refractivity contribution in [2.24, 2.45) is 0 Å². The zero-order valence-electron chi connectivity index (χ0n) is 9.09. The lowest BCUT2D eigenvalue weighted by Gasteiger charge is -2.07. The normalized spacial score (nSPS) is 10.4. The lowest BCUT2D eigenvalue weighted by Crippen LogP contribution is -1.95. The van der Waals surface area contributed by atoms with Crippen LogP contribution in [0.1, 0.15) is 5.56 Å². The van der Waals surface area contributed by atoms with Gasteiger partial charge in [0.2, 0.25) is 0 Å². The Morgan fingerprint density at radius 3 is 2.28 bits per heavy atom. The minimum absolute atomic E-state index is 0.0666. The minimum atomic E-state index is -0.511. The molecule has 0 saturated carbocycles. The molecule has 0 spiro atoms. The highest BCUT2D eigenvalue weighted by molar-refractivity contribution is 6.42. The third-order valence-corrected chi connectivity index (χ3v) is 3.33. The molecule has 0 bridgehead atoms. The smallest absolute Gasteiger partial charge is 0.145 e. The Labute approximate surface area is 119 Å². The van der Waals surface area contributed by atoms with Gasteiger partial charge in [0.1, 0.15) is 18.2 Å². The molecule has 2 aromatic carbocycles. The summed E-state index contributed by atoms with van der Waals surface area (Å²) in [6, 6.07) is 9.46. The molecule has 0 N–H and O–H groups in total. The van der Waals surface area contributed by atoms with Gasteiger partial charge >= 0.3 is 0 Å². The van der Waals surface area contributed by atoms with E-state index in [1.54, 1.807) is 24.3 Å². The second-order valence-electron chi connectivity index (χ2n) is 3.61. The number of hydrogen-bond donors (Lipinski definition) is 0. The Morgan fingerprint density at radius 1 is 0.889 bits per heavy atom. The van der Waals surface area contributed by atoms with E-state index in [9.17, 15) is 4.39 Å². The average molecular weight is 306 g/mol. The van der Waals surface area contributed by atoms with Gasteiger partial charge in [-0.3, -0.25) is 0 Å². The molecule has 0 aliphatic carbocycles. The quantitative estimate of drug-likeness (QED) is 0.741.